The van der Waals surface area contributed by atoms with Gasteiger partial charge in [-0.25, -0.2) is 4.98 Å². The zero-order valence-corrected chi connectivity index (χ0v) is 11.8. The van der Waals surface area contributed by atoms with Crippen LogP contribution in [0.4, 0.5) is 0 Å². The van der Waals surface area contributed by atoms with Crippen molar-refractivity contribution in [1.29, 1.82) is 0 Å². The van der Waals surface area contributed by atoms with Gasteiger partial charge in [-0.3, -0.25) is 4.90 Å². The summed E-state index contributed by atoms with van der Waals surface area (Å²) in [6.45, 7) is 13.5. The first-order chi connectivity index (χ1) is 7.38. The summed E-state index contributed by atoms with van der Waals surface area (Å²) in [5.41, 5.74) is 6.93. The molecule has 4 heteroatoms. The number of nitrogens with zero attached hydrogens (tertiary/aromatic N) is 2. The van der Waals surface area contributed by atoms with Crippen LogP contribution in [-0.2, 0) is 12.1 Å². The summed E-state index contributed by atoms with van der Waals surface area (Å²) in [6.07, 6.45) is 0. The molecule has 0 aliphatic carbocycles. The lowest BCUT2D eigenvalue weighted by atomic mass is 10.0. The van der Waals surface area contributed by atoms with Gasteiger partial charge in [0.15, 0.2) is 0 Å². The van der Waals surface area contributed by atoms with Gasteiger partial charge in [0.1, 0.15) is 5.01 Å². The molecule has 0 unspecified atom stereocenters. The van der Waals surface area contributed by atoms with Crippen molar-refractivity contribution in [3.05, 3.63) is 15.6 Å². The number of rotatable bonds is 5. The lowest BCUT2D eigenvalue weighted by Crippen LogP contribution is -2.28. The van der Waals surface area contributed by atoms with Gasteiger partial charge in [-0.15, -0.1) is 11.3 Å². The molecule has 0 amide bonds. The van der Waals surface area contributed by atoms with Crippen LogP contribution >= 0.6 is 11.3 Å². The molecule has 92 valence electrons. The van der Waals surface area contributed by atoms with Crippen molar-refractivity contribution in [1.82, 2.24) is 9.88 Å². The summed E-state index contributed by atoms with van der Waals surface area (Å²) >= 11 is 1.75. The highest BCUT2D eigenvalue weighted by Crippen LogP contribution is 2.28. The van der Waals surface area contributed by atoms with E-state index in [4.69, 9.17) is 5.73 Å². The monoisotopic (exact) mass is 241 g/mol. The zero-order valence-electron chi connectivity index (χ0n) is 11.0. The molecule has 0 saturated heterocycles. The van der Waals surface area contributed by atoms with Crippen molar-refractivity contribution >= 4 is 11.3 Å². The van der Waals surface area contributed by atoms with Crippen molar-refractivity contribution < 1.29 is 0 Å². The first kappa shape index (κ1) is 13.6. The van der Waals surface area contributed by atoms with Crippen molar-refractivity contribution in [2.75, 3.05) is 13.1 Å². The minimum absolute atomic E-state index is 0.275. The average Bonchev–Trinajstić information content (AvgIpc) is 2.55. The highest BCUT2D eigenvalue weighted by molar-refractivity contribution is 7.11. The predicted octanol–water partition coefficient (Wildman–Crippen LogP) is 2.49. The molecule has 3 nitrogen and oxygen atoms in total. The smallest absolute Gasteiger partial charge is 0.107 e. The topological polar surface area (TPSA) is 42.2 Å². The number of nitrogens with two attached hydrogens (primary N) is 1. The fourth-order valence-electron chi connectivity index (χ4n) is 1.76. The van der Waals surface area contributed by atoms with Crippen molar-refractivity contribution in [2.24, 2.45) is 5.73 Å². The Morgan fingerprint density at radius 2 is 1.88 bits per heavy atom. The molecule has 16 heavy (non-hydrogen) atoms. The van der Waals surface area contributed by atoms with Crippen LogP contribution in [0, 0.1) is 6.92 Å². The number of thiazole rings is 1. The molecule has 0 fully saturated rings. The van der Waals surface area contributed by atoms with Crippen LogP contribution in [-0.4, -0.2) is 23.0 Å². The Balaban J connectivity index is 2.85. The van der Waals surface area contributed by atoms with Crippen LogP contribution in [0.15, 0.2) is 0 Å². The second kappa shape index (κ2) is 5.25. The number of hydrogen-bond donors (Lipinski definition) is 1. The second-order valence-corrected chi connectivity index (χ2v) is 5.79. The average molecular weight is 241 g/mol. The molecule has 0 radical (unpaired) electrons. The van der Waals surface area contributed by atoms with Gasteiger partial charge in [0.2, 0.25) is 0 Å². The number of aryl methyl sites for hydroxylation is 1. The largest absolute Gasteiger partial charge is 0.321 e. The summed E-state index contributed by atoms with van der Waals surface area (Å²) in [4.78, 5) is 8.18. The fraction of sp³-hybridized carbons (Fsp3) is 0.750. The van der Waals surface area contributed by atoms with Crippen LogP contribution in [0.3, 0.4) is 0 Å². The summed E-state index contributed by atoms with van der Waals surface area (Å²) < 4.78 is 0. The second-order valence-electron chi connectivity index (χ2n) is 4.71. The van der Waals surface area contributed by atoms with Crippen LogP contribution in [0.2, 0.25) is 0 Å². The van der Waals surface area contributed by atoms with Crippen molar-refractivity contribution in [3.8, 4) is 0 Å². The summed E-state index contributed by atoms with van der Waals surface area (Å²) in [7, 11) is 0. The van der Waals surface area contributed by atoms with E-state index in [2.05, 4.69) is 23.7 Å². The maximum absolute atomic E-state index is 6.12. The third-order valence-electron chi connectivity index (χ3n) is 2.68. The lowest BCUT2D eigenvalue weighted by Gasteiger charge is -2.17. The Bertz CT molecular complexity index is 335. The normalized spacial score (nSPS) is 12.4. The van der Waals surface area contributed by atoms with Gasteiger partial charge in [-0.2, -0.15) is 0 Å². The van der Waals surface area contributed by atoms with E-state index in [-0.39, 0.29) is 5.54 Å². The Labute approximate surface area is 103 Å². The Morgan fingerprint density at radius 3 is 2.25 bits per heavy atom. The molecule has 1 aromatic rings. The van der Waals surface area contributed by atoms with Gasteiger partial charge in [-0.1, -0.05) is 13.8 Å². The van der Waals surface area contributed by atoms with Crippen LogP contribution in [0.1, 0.15) is 43.3 Å². The molecule has 0 atom stereocenters. The number of hydrogen-bond acceptors (Lipinski definition) is 4. The first-order valence-electron chi connectivity index (χ1n) is 5.86. The minimum Gasteiger partial charge on any atom is -0.321 e. The summed E-state index contributed by atoms with van der Waals surface area (Å²) in [5, 5.41) is 1.18. The standard InChI is InChI=1S/C12H23N3S/c1-6-15(7-2)8-10-14-9(3)11(16-10)12(4,5)13/h6-8,13H2,1-5H3. The molecule has 0 aromatic carbocycles. The SMILES string of the molecule is CCN(CC)Cc1nc(C)c(C(C)(C)N)s1. The molecule has 1 heterocycles. The molecule has 1 aromatic heterocycles. The van der Waals surface area contributed by atoms with Crippen molar-refractivity contribution in [2.45, 2.75) is 46.7 Å². The van der Waals surface area contributed by atoms with Gasteiger partial charge < -0.3 is 5.73 Å². The maximum atomic E-state index is 6.12. The predicted molar refractivity (Wildman–Crippen MR) is 70.7 cm³/mol. The molecule has 0 saturated carbocycles. The van der Waals surface area contributed by atoms with Crippen LogP contribution in [0.5, 0.6) is 0 Å². The fourth-order valence-corrected chi connectivity index (χ4v) is 2.88. The Kier molecular flexibility index (Phi) is 4.47. The minimum atomic E-state index is -0.275. The van der Waals surface area contributed by atoms with E-state index >= 15 is 0 Å². The maximum Gasteiger partial charge on any atom is 0.107 e. The highest BCUT2D eigenvalue weighted by Gasteiger charge is 2.21. The van der Waals surface area contributed by atoms with Gasteiger partial charge >= 0.3 is 0 Å². The summed E-state index contributed by atoms with van der Waals surface area (Å²) in [5.74, 6) is 0. The quantitative estimate of drug-likeness (QED) is 0.861. The third-order valence-corrected chi connectivity index (χ3v) is 4.16. The van der Waals surface area contributed by atoms with Crippen molar-refractivity contribution in [3.63, 3.8) is 0 Å². The highest BCUT2D eigenvalue weighted by atomic mass is 32.1. The summed E-state index contributed by atoms with van der Waals surface area (Å²) in [6, 6.07) is 0. The van der Waals surface area contributed by atoms with E-state index in [1.165, 1.54) is 9.88 Å². The zero-order chi connectivity index (χ0) is 12.3. The molecular formula is C12H23N3S. The van der Waals surface area contributed by atoms with Gasteiger partial charge in [0, 0.05) is 10.4 Å². The van der Waals surface area contributed by atoms with Gasteiger partial charge in [0.05, 0.1) is 12.2 Å². The van der Waals surface area contributed by atoms with E-state index in [1.54, 1.807) is 11.3 Å². The van der Waals surface area contributed by atoms with Gasteiger partial charge in [0.25, 0.3) is 0 Å². The lowest BCUT2D eigenvalue weighted by molar-refractivity contribution is 0.295. The number of aromatic nitrogens is 1. The Hall–Kier alpha value is -0.450. The molecule has 1 rings (SSSR count). The Morgan fingerprint density at radius 1 is 1.31 bits per heavy atom. The molecule has 0 bridgehead atoms. The molecular weight excluding hydrogens is 218 g/mol. The van der Waals surface area contributed by atoms with E-state index in [1.807, 2.05) is 20.8 Å². The molecule has 0 spiro atoms. The first-order valence-corrected chi connectivity index (χ1v) is 6.68. The van der Waals surface area contributed by atoms with E-state index in [0.29, 0.717) is 0 Å². The van der Waals surface area contributed by atoms with Gasteiger partial charge in [-0.05, 0) is 33.9 Å². The molecule has 0 aliphatic rings. The van der Waals surface area contributed by atoms with E-state index < -0.39 is 0 Å². The molecule has 2 N–H and O–H groups in total. The third kappa shape index (κ3) is 3.27. The van der Waals surface area contributed by atoms with Crippen LogP contribution in [0.25, 0.3) is 0 Å². The molecule has 0 aliphatic heterocycles. The van der Waals surface area contributed by atoms with E-state index in [9.17, 15) is 0 Å². The van der Waals surface area contributed by atoms with E-state index in [0.717, 1.165) is 25.3 Å². The van der Waals surface area contributed by atoms with Crippen LogP contribution < -0.4 is 5.73 Å².